The lowest BCUT2D eigenvalue weighted by Gasteiger charge is -2.35. The molecule has 0 bridgehead atoms. The maximum atomic E-state index is 12.6. The molecule has 3 saturated heterocycles. The molecule has 6 nitrogen and oxygen atoms in total. The van der Waals surface area contributed by atoms with E-state index in [0.29, 0.717) is 6.67 Å². The van der Waals surface area contributed by atoms with E-state index in [-0.39, 0.29) is 11.9 Å². The smallest absolute Gasteiger partial charge is 0.323 e. The van der Waals surface area contributed by atoms with E-state index in [1.807, 2.05) is 0 Å². The predicted molar refractivity (Wildman–Crippen MR) is 70.5 cm³/mol. The van der Waals surface area contributed by atoms with Crippen LogP contribution >= 0.6 is 0 Å². The lowest BCUT2D eigenvalue weighted by Crippen LogP contribution is -2.54. The van der Waals surface area contributed by atoms with E-state index in [4.69, 9.17) is 0 Å². The highest BCUT2D eigenvalue weighted by Crippen LogP contribution is 2.29. The summed E-state index contributed by atoms with van der Waals surface area (Å²) in [4.78, 5) is 30.5. The topological polar surface area (TPSA) is 55.9 Å². The maximum Gasteiger partial charge on any atom is 0.326 e. The molecule has 6 heteroatoms. The summed E-state index contributed by atoms with van der Waals surface area (Å²) in [5, 5.41) is 2.95. The van der Waals surface area contributed by atoms with Crippen LogP contribution in [0.5, 0.6) is 0 Å². The predicted octanol–water partition coefficient (Wildman–Crippen LogP) is 0.0559. The Bertz CT molecular complexity index is 384. The average molecular weight is 266 g/mol. The van der Waals surface area contributed by atoms with Crippen molar-refractivity contribution in [3.8, 4) is 0 Å². The van der Waals surface area contributed by atoms with Crippen molar-refractivity contribution in [3.63, 3.8) is 0 Å². The minimum absolute atomic E-state index is 0.0162. The Kier molecular flexibility index (Phi) is 3.22. The fourth-order valence-electron chi connectivity index (χ4n) is 3.27. The van der Waals surface area contributed by atoms with Crippen LogP contribution in [0.15, 0.2) is 0 Å². The number of piperidine rings is 1. The summed E-state index contributed by atoms with van der Waals surface area (Å²) in [6, 6.07) is -0.207. The van der Waals surface area contributed by atoms with Crippen molar-refractivity contribution in [2.45, 2.75) is 31.2 Å². The zero-order chi connectivity index (χ0) is 13.5. The van der Waals surface area contributed by atoms with Crippen molar-refractivity contribution >= 4 is 11.9 Å². The fraction of sp³-hybridized carbons (Fsp3) is 0.846. The Hall–Kier alpha value is -1.14. The van der Waals surface area contributed by atoms with Gasteiger partial charge in [0.2, 0.25) is 0 Å². The molecule has 3 heterocycles. The van der Waals surface area contributed by atoms with Gasteiger partial charge in [-0.2, -0.15) is 0 Å². The first-order valence-electron chi connectivity index (χ1n) is 7.16. The Morgan fingerprint density at radius 2 is 1.74 bits per heavy atom. The number of carbonyl (C=O) groups excluding carboxylic acids is 2. The van der Waals surface area contributed by atoms with Gasteiger partial charge in [0.1, 0.15) is 5.54 Å². The number of imide groups is 1. The molecule has 3 amide bonds. The van der Waals surface area contributed by atoms with Crippen molar-refractivity contribution in [3.05, 3.63) is 0 Å². The van der Waals surface area contributed by atoms with Gasteiger partial charge in [0.25, 0.3) is 5.91 Å². The molecule has 0 aromatic rings. The number of amides is 3. The van der Waals surface area contributed by atoms with E-state index < -0.39 is 5.54 Å². The highest BCUT2D eigenvalue weighted by molar-refractivity contribution is 6.07. The third-order valence-corrected chi connectivity index (χ3v) is 4.63. The summed E-state index contributed by atoms with van der Waals surface area (Å²) < 4.78 is 0. The standard InChI is InChI=1S/C13H22N4O2/c1-15-8-4-13(5-9-15)11(18)17(12(19)14-13)10-16-6-2-3-7-16/h2-10H2,1H3,(H,14,19). The van der Waals surface area contributed by atoms with E-state index in [2.05, 4.69) is 22.2 Å². The van der Waals surface area contributed by atoms with Crippen LogP contribution in [-0.4, -0.2) is 72.1 Å². The summed E-state index contributed by atoms with van der Waals surface area (Å²) >= 11 is 0. The molecule has 0 saturated carbocycles. The van der Waals surface area contributed by atoms with E-state index in [9.17, 15) is 9.59 Å². The van der Waals surface area contributed by atoms with Crippen LogP contribution in [0, 0.1) is 0 Å². The highest BCUT2D eigenvalue weighted by atomic mass is 16.2. The average Bonchev–Trinajstić information content (AvgIpc) is 2.97. The Morgan fingerprint density at radius 3 is 2.37 bits per heavy atom. The van der Waals surface area contributed by atoms with Crippen LogP contribution in [0.2, 0.25) is 0 Å². The van der Waals surface area contributed by atoms with Crippen LogP contribution in [-0.2, 0) is 4.79 Å². The first-order valence-corrected chi connectivity index (χ1v) is 7.16. The van der Waals surface area contributed by atoms with Gasteiger partial charge in [-0.25, -0.2) is 9.69 Å². The Labute approximate surface area is 113 Å². The number of nitrogens with one attached hydrogen (secondary N) is 1. The van der Waals surface area contributed by atoms with Gasteiger partial charge in [0.05, 0.1) is 6.67 Å². The molecule has 3 rings (SSSR count). The second-order valence-corrected chi connectivity index (χ2v) is 6.02. The second kappa shape index (κ2) is 4.76. The van der Waals surface area contributed by atoms with Gasteiger partial charge < -0.3 is 10.2 Å². The number of carbonyl (C=O) groups is 2. The number of hydrogen-bond acceptors (Lipinski definition) is 4. The van der Waals surface area contributed by atoms with Crippen LogP contribution in [0.25, 0.3) is 0 Å². The summed E-state index contributed by atoms with van der Waals surface area (Å²) in [5.41, 5.74) is -0.622. The van der Waals surface area contributed by atoms with Gasteiger partial charge in [0, 0.05) is 13.1 Å². The number of nitrogens with zero attached hydrogens (tertiary/aromatic N) is 3. The number of likely N-dealkylation sites (tertiary alicyclic amines) is 2. The van der Waals surface area contributed by atoms with Crippen molar-refractivity contribution in [1.29, 1.82) is 0 Å². The fourth-order valence-corrected chi connectivity index (χ4v) is 3.27. The largest absolute Gasteiger partial charge is 0.326 e. The zero-order valence-corrected chi connectivity index (χ0v) is 11.5. The van der Waals surface area contributed by atoms with Crippen LogP contribution < -0.4 is 5.32 Å². The normalized spacial score (nSPS) is 28.4. The second-order valence-electron chi connectivity index (χ2n) is 6.02. The summed E-state index contributed by atoms with van der Waals surface area (Å²) in [7, 11) is 2.05. The van der Waals surface area contributed by atoms with Gasteiger partial charge in [-0.15, -0.1) is 0 Å². The van der Waals surface area contributed by atoms with Crippen LogP contribution in [0.1, 0.15) is 25.7 Å². The van der Waals surface area contributed by atoms with Gasteiger partial charge in [-0.05, 0) is 45.8 Å². The number of urea groups is 1. The Balaban J connectivity index is 1.69. The summed E-state index contributed by atoms with van der Waals surface area (Å²) in [5.74, 6) is -0.0162. The van der Waals surface area contributed by atoms with Gasteiger partial charge >= 0.3 is 6.03 Å². The maximum absolute atomic E-state index is 12.6. The number of rotatable bonds is 2. The number of hydrogen-bond donors (Lipinski definition) is 1. The molecule has 0 aromatic heterocycles. The molecule has 0 aromatic carbocycles. The zero-order valence-electron chi connectivity index (χ0n) is 11.5. The molecule has 1 spiro atoms. The van der Waals surface area contributed by atoms with Crippen molar-refractivity contribution in [1.82, 2.24) is 20.0 Å². The van der Waals surface area contributed by atoms with E-state index >= 15 is 0 Å². The molecular weight excluding hydrogens is 244 g/mol. The third kappa shape index (κ3) is 2.23. The lowest BCUT2D eigenvalue weighted by molar-refractivity contribution is -0.134. The first-order chi connectivity index (χ1) is 9.11. The van der Waals surface area contributed by atoms with Crippen molar-refractivity contribution in [2.24, 2.45) is 0 Å². The molecule has 0 atom stereocenters. The lowest BCUT2D eigenvalue weighted by atomic mass is 9.88. The molecule has 0 aliphatic carbocycles. The van der Waals surface area contributed by atoms with Gasteiger partial charge in [0.15, 0.2) is 0 Å². The molecule has 3 aliphatic rings. The molecule has 1 N–H and O–H groups in total. The first kappa shape index (κ1) is 12.9. The molecule has 106 valence electrons. The van der Waals surface area contributed by atoms with Gasteiger partial charge in [-0.1, -0.05) is 0 Å². The quantitative estimate of drug-likeness (QED) is 0.718. The highest BCUT2D eigenvalue weighted by Gasteiger charge is 2.52. The minimum atomic E-state index is -0.622. The monoisotopic (exact) mass is 266 g/mol. The minimum Gasteiger partial charge on any atom is -0.323 e. The Morgan fingerprint density at radius 1 is 1.11 bits per heavy atom. The molecule has 0 radical (unpaired) electrons. The van der Waals surface area contributed by atoms with Gasteiger partial charge in [-0.3, -0.25) is 9.69 Å². The van der Waals surface area contributed by atoms with Crippen molar-refractivity contribution in [2.75, 3.05) is 39.9 Å². The molecule has 3 aliphatic heterocycles. The third-order valence-electron chi connectivity index (χ3n) is 4.63. The molecule has 19 heavy (non-hydrogen) atoms. The van der Waals surface area contributed by atoms with Crippen LogP contribution in [0.4, 0.5) is 4.79 Å². The SMILES string of the molecule is CN1CCC2(CC1)NC(=O)N(CN1CCCC1)C2=O. The van der Waals surface area contributed by atoms with E-state index in [0.717, 1.165) is 39.0 Å². The van der Waals surface area contributed by atoms with Crippen molar-refractivity contribution < 1.29 is 9.59 Å². The van der Waals surface area contributed by atoms with E-state index in [1.54, 1.807) is 0 Å². The molecule has 3 fully saturated rings. The molecular formula is C13H22N4O2. The van der Waals surface area contributed by atoms with Crippen LogP contribution in [0.3, 0.4) is 0 Å². The summed E-state index contributed by atoms with van der Waals surface area (Å²) in [6.07, 6.45) is 3.79. The molecule has 0 unspecified atom stereocenters. The van der Waals surface area contributed by atoms with E-state index in [1.165, 1.54) is 17.7 Å². The summed E-state index contributed by atoms with van der Waals surface area (Å²) in [6.45, 7) is 4.18.